The molecular weight excluding hydrogens is 298 g/mol. The number of fused-ring (bicyclic) bond motifs is 1. The van der Waals surface area contributed by atoms with Crippen LogP contribution in [0.25, 0.3) is 0 Å². The van der Waals surface area contributed by atoms with Crippen molar-refractivity contribution in [3.05, 3.63) is 59.7 Å². The van der Waals surface area contributed by atoms with E-state index in [0.29, 0.717) is 18.1 Å². The third-order valence-electron chi connectivity index (χ3n) is 3.46. The molecule has 0 saturated carbocycles. The summed E-state index contributed by atoms with van der Waals surface area (Å²) in [7, 11) is 0. The Hall–Kier alpha value is -3.02. The number of nitrogens with one attached hydrogen (secondary N) is 1. The molecule has 118 valence electrons. The van der Waals surface area contributed by atoms with Crippen molar-refractivity contribution in [2.24, 2.45) is 0 Å². The van der Waals surface area contributed by atoms with Gasteiger partial charge in [0.2, 0.25) is 0 Å². The summed E-state index contributed by atoms with van der Waals surface area (Å²) < 4.78 is 11.3. The second kappa shape index (κ2) is 6.39. The van der Waals surface area contributed by atoms with Crippen LogP contribution in [0.2, 0.25) is 0 Å². The van der Waals surface area contributed by atoms with Gasteiger partial charge in [-0.3, -0.25) is 4.79 Å². The minimum Gasteiger partial charge on any atom is -0.486 e. The fourth-order valence-electron chi connectivity index (χ4n) is 2.33. The number of carboxylic acids is 1. The van der Waals surface area contributed by atoms with Crippen molar-refractivity contribution >= 4 is 11.9 Å². The van der Waals surface area contributed by atoms with E-state index in [1.807, 2.05) is 18.2 Å². The van der Waals surface area contributed by atoms with Crippen molar-refractivity contribution in [1.82, 2.24) is 5.32 Å². The van der Waals surface area contributed by atoms with Crippen LogP contribution in [-0.2, 0) is 0 Å². The van der Waals surface area contributed by atoms with Crippen LogP contribution in [0, 0.1) is 0 Å². The number of carbonyl (C=O) groups is 2. The molecule has 0 fully saturated rings. The van der Waals surface area contributed by atoms with Crippen LogP contribution in [0.4, 0.5) is 0 Å². The molecule has 23 heavy (non-hydrogen) atoms. The van der Waals surface area contributed by atoms with Crippen molar-refractivity contribution in [3.63, 3.8) is 0 Å². The zero-order valence-electron chi connectivity index (χ0n) is 12.2. The van der Waals surface area contributed by atoms with Crippen molar-refractivity contribution < 1.29 is 24.2 Å². The molecule has 3 rings (SSSR count). The largest absolute Gasteiger partial charge is 0.486 e. The molecule has 1 heterocycles. The van der Waals surface area contributed by atoms with Crippen LogP contribution < -0.4 is 14.8 Å². The summed E-state index contributed by atoms with van der Waals surface area (Å²) in [5.74, 6) is -0.289. The lowest BCUT2D eigenvalue weighted by Crippen LogP contribution is -2.41. The number of hydrogen-bond acceptors (Lipinski definition) is 4. The van der Waals surface area contributed by atoms with Crippen LogP contribution in [-0.4, -0.2) is 36.2 Å². The van der Waals surface area contributed by atoms with E-state index >= 15 is 0 Å². The Labute approximate surface area is 132 Å². The number of carbonyl (C=O) groups excluding carboxylic acids is 1. The van der Waals surface area contributed by atoms with Gasteiger partial charge in [-0.05, 0) is 24.3 Å². The van der Waals surface area contributed by atoms with Gasteiger partial charge >= 0.3 is 5.97 Å². The molecule has 1 amide bonds. The molecule has 0 spiro atoms. The van der Waals surface area contributed by atoms with Gasteiger partial charge in [-0.1, -0.05) is 24.3 Å². The molecule has 1 unspecified atom stereocenters. The maximum absolute atomic E-state index is 12.2. The number of ether oxygens (including phenoxy) is 2. The summed E-state index contributed by atoms with van der Waals surface area (Å²) in [5.41, 5.74) is 0.0910. The minimum atomic E-state index is -1.14. The Bertz CT molecular complexity index is 743. The Morgan fingerprint density at radius 2 is 1.70 bits per heavy atom. The number of rotatable bonds is 4. The zero-order valence-corrected chi connectivity index (χ0v) is 12.2. The van der Waals surface area contributed by atoms with E-state index in [9.17, 15) is 9.59 Å². The molecular formula is C17H15NO5. The van der Waals surface area contributed by atoms with E-state index in [-0.39, 0.29) is 23.8 Å². The molecule has 1 aliphatic rings. The highest BCUT2D eigenvalue weighted by molar-refractivity contribution is 6.04. The minimum absolute atomic E-state index is 0.0313. The predicted molar refractivity (Wildman–Crippen MR) is 82.1 cm³/mol. The van der Waals surface area contributed by atoms with Crippen LogP contribution in [0.5, 0.6) is 11.5 Å². The summed E-state index contributed by atoms with van der Waals surface area (Å²) in [6.45, 7) is 0.541. The first kappa shape index (κ1) is 14.9. The normalized spacial score (nSPS) is 15.7. The van der Waals surface area contributed by atoms with Crippen LogP contribution >= 0.6 is 0 Å². The monoisotopic (exact) mass is 313 g/mol. The first-order valence-electron chi connectivity index (χ1n) is 7.14. The highest BCUT2D eigenvalue weighted by atomic mass is 16.6. The molecule has 0 radical (unpaired) electrons. The molecule has 0 aromatic heterocycles. The molecule has 0 aliphatic carbocycles. The van der Waals surface area contributed by atoms with E-state index in [2.05, 4.69) is 5.32 Å². The van der Waals surface area contributed by atoms with Gasteiger partial charge < -0.3 is 19.9 Å². The predicted octanol–water partition coefficient (Wildman–Crippen LogP) is 1.95. The zero-order chi connectivity index (χ0) is 16.2. The smallest absolute Gasteiger partial charge is 0.336 e. The Balaban J connectivity index is 1.63. The van der Waals surface area contributed by atoms with E-state index < -0.39 is 11.9 Å². The molecule has 0 bridgehead atoms. The van der Waals surface area contributed by atoms with Crippen molar-refractivity contribution in [2.75, 3.05) is 13.2 Å². The highest BCUT2D eigenvalue weighted by Gasteiger charge is 2.22. The number of para-hydroxylation sites is 2. The van der Waals surface area contributed by atoms with E-state index in [4.69, 9.17) is 14.6 Å². The highest BCUT2D eigenvalue weighted by Crippen LogP contribution is 2.30. The number of carboxylic acid groups (broad SMARTS) is 1. The second-order valence-corrected chi connectivity index (χ2v) is 5.06. The molecule has 2 N–H and O–H groups in total. The van der Waals surface area contributed by atoms with Gasteiger partial charge in [0, 0.05) is 0 Å². The lowest BCUT2D eigenvalue weighted by Gasteiger charge is -2.26. The topological polar surface area (TPSA) is 84.9 Å². The average molecular weight is 313 g/mol. The number of amides is 1. The summed E-state index contributed by atoms with van der Waals surface area (Å²) in [5, 5.41) is 11.8. The van der Waals surface area contributed by atoms with Gasteiger partial charge in [0.25, 0.3) is 5.91 Å². The maximum Gasteiger partial charge on any atom is 0.336 e. The van der Waals surface area contributed by atoms with Crippen molar-refractivity contribution in [1.29, 1.82) is 0 Å². The van der Waals surface area contributed by atoms with Crippen molar-refractivity contribution in [2.45, 2.75) is 6.10 Å². The standard InChI is InChI=1S/C17H15NO5/c19-16(12-5-1-2-6-13(12)17(20)21)18-9-11-10-22-14-7-3-4-8-15(14)23-11/h1-8,11H,9-10H2,(H,18,19)(H,20,21). The van der Waals surface area contributed by atoms with Gasteiger partial charge in [0.15, 0.2) is 11.5 Å². The molecule has 1 aliphatic heterocycles. The SMILES string of the molecule is O=C(O)c1ccccc1C(=O)NCC1COc2ccccc2O1. The number of hydrogen-bond donors (Lipinski definition) is 2. The van der Waals surface area contributed by atoms with Crippen molar-refractivity contribution in [3.8, 4) is 11.5 Å². The Kier molecular flexibility index (Phi) is 4.14. The number of benzene rings is 2. The average Bonchev–Trinajstić information content (AvgIpc) is 2.59. The second-order valence-electron chi connectivity index (χ2n) is 5.06. The van der Waals surface area contributed by atoms with E-state index in [1.54, 1.807) is 18.2 Å². The third kappa shape index (κ3) is 3.26. The summed E-state index contributed by atoms with van der Waals surface area (Å²) in [6.07, 6.45) is -0.328. The Morgan fingerprint density at radius 1 is 1.04 bits per heavy atom. The molecule has 1 atom stereocenters. The van der Waals surface area contributed by atoms with Gasteiger partial charge in [-0.2, -0.15) is 0 Å². The van der Waals surface area contributed by atoms with E-state index in [1.165, 1.54) is 12.1 Å². The Morgan fingerprint density at radius 3 is 2.43 bits per heavy atom. The molecule has 2 aromatic rings. The molecule has 2 aromatic carbocycles. The molecule has 6 nitrogen and oxygen atoms in total. The molecule has 0 saturated heterocycles. The van der Waals surface area contributed by atoms with Crippen LogP contribution in [0.3, 0.4) is 0 Å². The first-order valence-corrected chi connectivity index (χ1v) is 7.14. The van der Waals surface area contributed by atoms with Gasteiger partial charge in [0.1, 0.15) is 12.7 Å². The van der Waals surface area contributed by atoms with Crippen LogP contribution in [0.15, 0.2) is 48.5 Å². The summed E-state index contributed by atoms with van der Waals surface area (Å²) in [4.78, 5) is 23.3. The lowest BCUT2D eigenvalue weighted by molar-refractivity contribution is 0.0687. The summed E-state index contributed by atoms with van der Waals surface area (Å²) in [6, 6.07) is 13.4. The van der Waals surface area contributed by atoms with Gasteiger partial charge in [-0.15, -0.1) is 0 Å². The quantitative estimate of drug-likeness (QED) is 0.901. The third-order valence-corrected chi connectivity index (χ3v) is 3.46. The van der Waals surface area contributed by atoms with Crippen LogP contribution in [0.1, 0.15) is 20.7 Å². The first-order chi connectivity index (χ1) is 11.1. The fourth-order valence-corrected chi connectivity index (χ4v) is 2.33. The maximum atomic E-state index is 12.2. The summed E-state index contributed by atoms with van der Waals surface area (Å²) >= 11 is 0. The fraction of sp³-hybridized carbons (Fsp3) is 0.176. The number of aromatic carboxylic acids is 1. The van der Waals surface area contributed by atoms with E-state index in [0.717, 1.165) is 0 Å². The van der Waals surface area contributed by atoms with Gasteiger partial charge in [0.05, 0.1) is 17.7 Å². The lowest BCUT2D eigenvalue weighted by atomic mass is 10.1. The van der Waals surface area contributed by atoms with Gasteiger partial charge in [-0.25, -0.2) is 4.79 Å². The molecule has 6 heteroatoms.